The van der Waals surface area contributed by atoms with Gasteiger partial charge in [0, 0.05) is 49.6 Å². The molecule has 1 aliphatic heterocycles. The maximum atomic E-state index is 12.3. The number of carbonyl (C=O) groups excluding carboxylic acids is 2. The van der Waals surface area contributed by atoms with E-state index in [-0.39, 0.29) is 29.0 Å². The third kappa shape index (κ3) is 7.47. The number of methoxy groups -OCH3 is 1. The van der Waals surface area contributed by atoms with E-state index in [2.05, 4.69) is 31.2 Å². The monoisotopic (exact) mass is 589 g/mol. The average Bonchev–Trinajstić information content (AvgIpc) is 3.53. The van der Waals surface area contributed by atoms with Gasteiger partial charge in [0.15, 0.2) is 5.78 Å². The second-order valence-corrected chi connectivity index (χ2v) is 11.6. The summed E-state index contributed by atoms with van der Waals surface area (Å²) in [5.41, 5.74) is 3.97. The quantitative estimate of drug-likeness (QED) is 0.137. The first-order valence-corrected chi connectivity index (χ1v) is 14.6. The van der Waals surface area contributed by atoms with Gasteiger partial charge >= 0.3 is 5.97 Å². The smallest absolute Gasteiger partial charge is 0.313 e. The zero-order valence-electron chi connectivity index (χ0n) is 24.4. The highest BCUT2D eigenvalue weighted by atomic mass is 35.5. The summed E-state index contributed by atoms with van der Waals surface area (Å²) in [4.78, 5) is 24.3. The average molecular weight is 591 g/mol. The van der Waals surface area contributed by atoms with Crippen LogP contribution in [0.15, 0.2) is 42.5 Å². The molecule has 8 heteroatoms. The van der Waals surface area contributed by atoms with Crippen LogP contribution in [0.5, 0.6) is 0 Å². The lowest BCUT2D eigenvalue weighted by molar-refractivity contribution is -0.145. The lowest BCUT2D eigenvalue weighted by atomic mass is 9.81. The van der Waals surface area contributed by atoms with E-state index in [9.17, 15) is 9.59 Å². The van der Waals surface area contributed by atoms with Gasteiger partial charge in [0.1, 0.15) is 0 Å². The first kappa shape index (κ1) is 32.1. The number of ether oxygens (including phenoxy) is 3. The van der Waals surface area contributed by atoms with Gasteiger partial charge in [-0.2, -0.15) is 0 Å². The van der Waals surface area contributed by atoms with Crippen molar-refractivity contribution in [3.63, 3.8) is 0 Å². The molecule has 2 aromatic carbocycles. The summed E-state index contributed by atoms with van der Waals surface area (Å²) in [5.74, 6) is -0.290. The minimum atomic E-state index is -0.216. The second-order valence-electron chi connectivity index (χ2n) is 10.8. The van der Waals surface area contributed by atoms with Crippen LogP contribution in [0.25, 0.3) is 10.9 Å². The molecule has 4 rings (SSSR count). The number of fused-ring (bicyclic) bond motifs is 1. The number of carbonyl (C=O) groups is 2. The highest BCUT2D eigenvalue weighted by molar-refractivity contribution is 6.45. The van der Waals surface area contributed by atoms with Crippen LogP contribution in [-0.4, -0.2) is 49.9 Å². The molecule has 1 saturated heterocycles. The van der Waals surface area contributed by atoms with Crippen LogP contribution in [0.3, 0.4) is 0 Å². The minimum Gasteiger partial charge on any atom is -0.466 e. The van der Waals surface area contributed by atoms with Crippen molar-refractivity contribution in [2.45, 2.75) is 58.3 Å². The number of hydrogen-bond donors (Lipinski definition) is 0. The van der Waals surface area contributed by atoms with E-state index in [1.54, 1.807) is 13.2 Å². The molecule has 2 unspecified atom stereocenters. The molecule has 0 saturated carbocycles. The van der Waals surface area contributed by atoms with Crippen LogP contribution in [0.2, 0.25) is 10.0 Å². The van der Waals surface area contributed by atoms with E-state index < -0.39 is 0 Å². The zero-order chi connectivity index (χ0) is 29.4. The molecule has 3 aromatic rings. The van der Waals surface area contributed by atoms with E-state index in [0.717, 1.165) is 48.9 Å². The second kappa shape index (κ2) is 14.5. The van der Waals surface area contributed by atoms with Crippen LogP contribution >= 0.6 is 23.2 Å². The summed E-state index contributed by atoms with van der Waals surface area (Å²) in [7, 11) is 3.54. The molecule has 1 fully saturated rings. The maximum absolute atomic E-state index is 12.3. The number of hydrogen-bond acceptors (Lipinski definition) is 5. The Balaban J connectivity index is 0.000000230. The fourth-order valence-corrected chi connectivity index (χ4v) is 5.37. The number of halogens is 2. The Morgan fingerprint density at radius 3 is 2.40 bits per heavy atom. The van der Waals surface area contributed by atoms with Crippen molar-refractivity contribution in [2.24, 2.45) is 13.0 Å². The van der Waals surface area contributed by atoms with Crippen molar-refractivity contribution in [3.8, 4) is 0 Å². The van der Waals surface area contributed by atoms with Crippen molar-refractivity contribution in [2.75, 3.05) is 33.5 Å². The number of aromatic nitrogens is 1. The van der Waals surface area contributed by atoms with E-state index in [1.807, 2.05) is 44.5 Å². The Morgan fingerprint density at radius 1 is 1.12 bits per heavy atom. The summed E-state index contributed by atoms with van der Waals surface area (Å²) in [6.45, 7) is 10.5. The predicted molar refractivity (Wildman–Crippen MR) is 162 cm³/mol. The van der Waals surface area contributed by atoms with Gasteiger partial charge < -0.3 is 18.8 Å². The van der Waals surface area contributed by atoms with Crippen LogP contribution in [0.4, 0.5) is 0 Å². The van der Waals surface area contributed by atoms with Gasteiger partial charge in [0.2, 0.25) is 0 Å². The van der Waals surface area contributed by atoms with Gasteiger partial charge in [-0.15, -0.1) is 0 Å². The third-order valence-electron chi connectivity index (χ3n) is 7.53. The Labute approximate surface area is 247 Å². The third-order valence-corrected chi connectivity index (χ3v) is 8.35. The van der Waals surface area contributed by atoms with Crippen molar-refractivity contribution in [3.05, 3.63) is 69.3 Å². The normalized spacial score (nSPS) is 17.5. The number of Topliss-reactive ketones (excluding diaryl/α,β-unsaturated/α-hetero) is 1. The number of benzene rings is 2. The molecule has 1 aromatic heterocycles. The molecule has 0 amide bonds. The van der Waals surface area contributed by atoms with E-state index in [0.29, 0.717) is 29.0 Å². The van der Waals surface area contributed by atoms with Gasteiger partial charge in [-0.05, 0) is 55.5 Å². The van der Waals surface area contributed by atoms with E-state index in [4.69, 9.17) is 37.4 Å². The molecule has 0 radical (unpaired) electrons. The number of esters is 1. The van der Waals surface area contributed by atoms with Crippen LogP contribution in [0, 0.1) is 5.92 Å². The maximum Gasteiger partial charge on any atom is 0.313 e. The first-order chi connectivity index (χ1) is 19.0. The van der Waals surface area contributed by atoms with Crippen molar-refractivity contribution >= 4 is 45.9 Å². The zero-order valence-corrected chi connectivity index (χ0v) is 25.9. The van der Waals surface area contributed by atoms with Gasteiger partial charge in [-0.3, -0.25) is 9.59 Å². The van der Waals surface area contributed by atoms with Crippen LogP contribution in [-0.2, 0) is 31.5 Å². The summed E-state index contributed by atoms with van der Waals surface area (Å²) in [6, 6.07) is 13.8. The number of ketones is 1. The lowest BCUT2D eigenvalue weighted by Crippen LogP contribution is -2.22. The Kier molecular flexibility index (Phi) is 11.6. The van der Waals surface area contributed by atoms with Crippen LogP contribution in [0.1, 0.15) is 74.5 Å². The predicted octanol–water partition coefficient (Wildman–Crippen LogP) is 7.76. The molecule has 2 heterocycles. The minimum absolute atomic E-state index is 0.0349. The summed E-state index contributed by atoms with van der Waals surface area (Å²) >= 11 is 12.1. The number of aryl methyl sites for hydroxylation is 1. The highest BCUT2D eigenvalue weighted by Gasteiger charge is 2.32. The molecule has 2 atom stereocenters. The van der Waals surface area contributed by atoms with E-state index in [1.165, 1.54) is 5.56 Å². The van der Waals surface area contributed by atoms with Gasteiger partial charge in [-0.25, -0.2) is 0 Å². The number of nitrogens with zero attached hydrogens (tertiary/aromatic N) is 1. The Morgan fingerprint density at radius 2 is 1.82 bits per heavy atom. The lowest BCUT2D eigenvalue weighted by Gasteiger charge is -2.23. The number of rotatable bonds is 10. The molecular weight excluding hydrogens is 549 g/mol. The SMILES string of the molecule is CC(C)C(=O)c1cc2c(Cl)c(Cl)ccc2n1C.CCOC(=O)C(CCCOC)c1ccc(C2(C)CCOC2)cc1. The first-order valence-electron chi connectivity index (χ1n) is 13.9. The summed E-state index contributed by atoms with van der Waals surface area (Å²) in [5, 5.41) is 1.83. The molecule has 0 spiro atoms. The summed E-state index contributed by atoms with van der Waals surface area (Å²) < 4.78 is 17.7. The Hall–Kier alpha value is -2.38. The molecule has 0 aliphatic carbocycles. The topological polar surface area (TPSA) is 66.8 Å². The molecule has 1 aliphatic rings. The van der Waals surface area contributed by atoms with Gasteiger partial charge in [0.05, 0.1) is 34.9 Å². The molecule has 40 heavy (non-hydrogen) atoms. The highest BCUT2D eigenvalue weighted by Crippen LogP contribution is 2.35. The van der Waals surface area contributed by atoms with E-state index >= 15 is 0 Å². The van der Waals surface area contributed by atoms with Crippen molar-refractivity contribution in [1.82, 2.24) is 4.57 Å². The van der Waals surface area contributed by atoms with Crippen molar-refractivity contribution in [1.29, 1.82) is 0 Å². The van der Waals surface area contributed by atoms with Gasteiger partial charge in [-0.1, -0.05) is 68.2 Å². The van der Waals surface area contributed by atoms with Crippen molar-refractivity contribution < 1.29 is 23.8 Å². The largest absolute Gasteiger partial charge is 0.466 e. The Bertz CT molecular complexity index is 1290. The standard InChI is InChI=1S/C19H28O4.C13H13Cl2NO/c1-4-23-18(20)17(6-5-12-21-3)15-7-9-16(10-8-15)19(2)11-13-22-14-19;1-7(2)13(17)11-6-8-10(16(11)3)5-4-9(14)12(8)15/h7-10,17H,4-6,11-14H2,1-3H3;4-7H,1-3H3. The van der Waals surface area contributed by atoms with Gasteiger partial charge in [0.25, 0.3) is 0 Å². The fraction of sp³-hybridized carbons (Fsp3) is 0.500. The molecule has 218 valence electrons. The fourth-order valence-electron chi connectivity index (χ4n) is 4.99. The molecule has 0 bridgehead atoms. The molecule has 0 N–H and O–H groups in total. The molecule has 6 nitrogen and oxygen atoms in total. The summed E-state index contributed by atoms with van der Waals surface area (Å²) in [6.07, 6.45) is 2.63. The molecular formula is C32H41Cl2NO5. The van der Waals surface area contributed by atoms with Crippen LogP contribution < -0.4 is 0 Å².